The zero-order valence-electron chi connectivity index (χ0n) is 10.8. The summed E-state index contributed by atoms with van der Waals surface area (Å²) in [7, 11) is 0. The van der Waals surface area contributed by atoms with Crippen molar-refractivity contribution in [1.29, 1.82) is 0 Å². The largest absolute Gasteiger partial charge is 0.369 e. The number of halogens is 1. The zero-order valence-corrected chi connectivity index (χ0v) is 13.2. The van der Waals surface area contributed by atoms with Crippen LogP contribution in [0.3, 0.4) is 0 Å². The Morgan fingerprint density at radius 2 is 2.15 bits per heavy atom. The third-order valence-electron chi connectivity index (χ3n) is 2.83. The molecule has 4 nitrogen and oxygen atoms in total. The fourth-order valence-electron chi connectivity index (χ4n) is 1.98. The maximum absolute atomic E-state index is 5.92. The molecule has 0 fully saturated rings. The zero-order chi connectivity index (χ0) is 14.1. The van der Waals surface area contributed by atoms with E-state index in [9.17, 15) is 0 Å². The molecule has 3 N–H and O–H groups in total. The van der Waals surface area contributed by atoms with Crippen molar-refractivity contribution in [2.24, 2.45) is 0 Å². The first-order chi connectivity index (χ1) is 9.61. The van der Waals surface area contributed by atoms with Gasteiger partial charge in [-0.3, -0.25) is 0 Å². The van der Waals surface area contributed by atoms with Crippen molar-refractivity contribution in [3.8, 4) is 0 Å². The number of nitrogen functional groups attached to an aromatic ring is 1. The van der Waals surface area contributed by atoms with Crippen molar-refractivity contribution in [2.45, 2.75) is 13.3 Å². The molecule has 0 spiro atoms. The molecule has 0 aliphatic heterocycles. The average Bonchev–Trinajstić information content (AvgIpc) is 2.94. The van der Waals surface area contributed by atoms with Gasteiger partial charge in [-0.2, -0.15) is 4.98 Å². The van der Waals surface area contributed by atoms with Gasteiger partial charge >= 0.3 is 0 Å². The predicted molar refractivity (Wildman–Crippen MR) is 88.1 cm³/mol. The van der Waals surface area contributed by atoms with Gasteiger partial charge in [0.1, 0.15) is 10.6 Å². The van der Waals surface area contributed by atoms with Gasteiger partial charge in [0.25, 0.3) is 0 Å². The molecule has 3 aromatic rings. The Labute approximate surface area is 129 Å². The number of nitrogens with two attached hydrogens (primary N) is 1. The number of thiophene rings is 2. The molecule has 0 aromatic carbocycles. The van der Waals surface area contributed by atoms with Crippen molar-refractivity contribution in [3.05, 3.63) is 32.3 Å². The van der Waals surface area contributed by atoms with Crippen LogP contribution in [0.25, 0.3) is 10.2 Å². The SMILES string of the molecule is Cc1cc2c(NCCc3ccc(Cl)s3)nc(N)nc2s1. The lowest BCUT2D eigenvalue weighted by molar-refractivity contribution is 1.03. The van der Waals surface area contributed by atoms with Crippen LogP contribution in [0.2, 0.25) is 4.34 Å². The molecular formula is C13H13ClN4S2. The minimum atomic E-state index is 0.306. The Morgan fingerprint density at radius 3 is 2.90 bits per heavy atom. The quantitative estimate of drug-likeness (QED) is 0.762. The minimum absolute atomic E-state index is 0.306. The average molecular weight is 325 g/mol. The van der Waals surface area contributed by atoms with E-state index < -0.39 is 0 Å². The monoisotopic (exact) mass is 324 g/mol. The second kappa shape index (κ2) is 5.55. The molecule has 0 unspecified atom stereocenters. The van der Waals surface area contributed by atoms with E-state index in [2.05, 4.69) is 28.3 Å². The highest BCUT2D eigenvalue weighted by molar-refractivity contribution is 7.18. The normalized spacial score (nSPS) is 11.1. The van der Waals surface area contributed by atoms with E-state index in [4.69, 9.17) is 17.3 Å². The molecule has 20 heavy (non-hydrogen) atoms. The number of nitrogens with one attached hydrogen (secondary N) is 1. The number of aromatic nitrogens is 2. The third-order valence-corrected chi connectivity index (χ3v) is 5.06. The molecule has 0 amide bonds. The summed E-state index contributed by atoms with van der Waals surface area (Å²) in [6.45, 7) is 2.84. The van der Waals surface area contributed by atoms with Crippen LogP contribution in [0.4, 0.5) is 11.8 Å². The van der Waals surface area contributed by atoms with Crippen LogP contribution < -0.4 is 11.1 Å². The summed E-state index contributed by atoms with van der Waals surface area (Å²) in [5.74, 6) is 1.11. The lowest BCUT2D eigenvalue weighted by Crippen LogP contribution is -2.07. The van der Waals surface area contributed by atoms with E-state index in [0.717, 1.165) is 33.3 Å². The van der Waals surface area contributed by atoms with Crippen LogP contribution in [0.5, 0.6) is 0 Å². The fraction of sp³-hybridized carbons (Fsp3) is 0.231. The maximum Gasteiger partial charge on any atom is 0.223 e. The molecule has 104 valence electrons. The second-order valence-corrected chi connectivity index (χ2v) is 7.42. The Kier molecular flexibility index (Phi) is 3.78. The Morgan fingerprint density at radius 1 is 1.30 bits per heavy atom. The summed E-state index contributed by atoms with van der Waals surface area (Å²) in [6, 6.07) is 6.06. The molecule has 0 aliphatic rings. The molecule has 0 aliphatic carbocycles. The summed E-state index contributed by atoms with van der Waals surface area (Å²) in [5.41, 5.74) is 5.75. The molecule has 7 heteroatoms. The van der Waals surface area contributed by atoms with Crippen LogP contribution in [0, 0.1) is 6.92 Å². The molecule has 0 atom stereocenters. The highest BCUT2D eigenvalue weighted by atomic mass is 35.5. The van der Waals surface area contributed by atoms with Crippen LogP contribution in [0.1, 0.15) is 9.75 Å². The van der Waals surface area contributed by atoms with E-state index in [1.54, 1.807) is 22.7 Å². The second-order valence-electron chi connectivity index (χ2n) is 4.39. The molecule has 3 aromatic heterocycles. The van der Waals surface area contributed by atoms with Crippen molar-refractivity contribution < 1.29 is 0 Å². The first-order valence-corrected chi connectivity index (χ1v) is 8.14. The van der Waals surface area contributed by atoms with E-state index in [1.807, 2.05) is 12.1 Å². The number of anilines is 2. The van der Waals surface area contributed by atoms with Crippen LogP contribution in [0.15, 0.2) is 18.2 Å². The van der Waals surface area contributed by atoms with Gasteiger partial charge in [0.15, 0.2) is 0 Å². The molecule has 3 heterocycles. The summed E-state index contributed by atoms with van der Waals surface area (Å²) < 4.78 is 0.821. The maximum atomic E-state index is 5.92. The summed E-state index contributed by atoms with van der Waals surface area (Å²) in [6.07, 6.45) is 0.909. The van der Waals surface area contributed by atoms with Crippen LogP contribution in [-0.4, -0.2) is 16.5 Å². The number of aryl methyl sites for hydroxylation is 1. The standard InChI is InChI=1S/C13H13ClN4S2/c1-7-6-9-11(17-13(15)18-12(9)19-7)16-5-4-8-2-3-10(14)20-8/h2-3,6H,4-5H2,1H3,(H3,15,16,17,18). The van der Waals surface area contributed by atoms with Crippen LogP contribution >= 0.6 is 34.3 Å². The highest BCUT2D eigenvalue weighted by Crippen LogP contribution is 2.29. The third kappa shape index (κ3) is 2.87. The molecule has 0 saturated heterocycles. The fourth-order valence-corrected chi connectivity index (χ4v) is 3.96. The molecule has 0 bridgehead atoms. The van der Waals surface area contributed by atoms with Crippen molar-refractivity contribution in [3.63, 3.8) is 0 Å². The molecular weight excluding hydrogens is 312 g/mol. The Bertz CT molecular complexity index is 750. The summed E-state index contributed by atoms with van der Waals surface area (Å²) in [5, 5.41) is 4.37. The van der Waals surface area contributed by atoms with Gasteiger partial charge in [0.05, 0.1) is 9.72 Å². The van der Waals surface area contributed by atoms with E-state index in [1.165, 1.54) is 9.75 Å². The van der Waals surface area contributed by atoms with Gasteiger partial charge in [-0.25, -0.2) is 4.98 Å². The van der Waals surface area contributed by atoms with Gasteiger partial charge in [-0.15, -0.1) is 22.7 Å². The first kappa shape index (κ1) is 13.6. The number of hydrogen-bond acceptors (Lipinski definition) is 6. The Hall–Kier alpha value is -1.37. The van der Waals surface area contributed by atoms with E-state index in [-0.39, 0.29) is 0 Å². The lowest BCUT2D eigenvalue weighted by atomic mass is 10.3. The summed E-state index contributed by atoms with van der Waals surface area (Å²) >= 11 is 9.15. The number of nitrogens with zero attached hydrogens (tertiary/aromatic N) is 2. The first-order valence-electron chi connectivity index (χ1n) is 6.13. The van der Waals surface area contributed by atoms with E-state index >= 15 is 0 Å². The van der Waals surface area contributed by atoms with Crippen molar-refractivity contribution in [2.75, 3.05) is 17.6 Å². The summed E-state index contributed by atoms with van der Waals surface area (Å²) in [4.78, 5) is 11.9. The van der Waals surface area contributed by atoms with Crippen molar-refractivity contribution in [1.82, 2.24) is 9.97 Å². The van der Waals surface area contributed by atoms with Gasteiger partial charge in [-0.05, 0) is 31.5 Å². The molecule has 0 radical (unpaired) electrons. The van der Waals surface area contributed by atoms with Crippen LogP contribution in [-0.2, 0) is 6.42 Å². The number of rotatable bonds is 4. The van der Waals surface area contributed by atoms with Gasteiger partial charge < -0.3 is 11.1 Å². The number of fused-ring (bicyclic) bond motifs is 1. The van der Waals surface area contributed by atoms with Gasteiger partial charge in [-0.1, -0.05) is 11.6 Å². The Balaban J connectivity index is 1.76. The molecule has 0 saturated carbocycles. The smallest absolute Gasteiger partial charge is 0.223 e. The highest BCUT2D eigenvalue weighted by Gasteiger charge is 2.09. The minimum Gasteiger partial charge on any atom is -0.369 e. The number of hydrogen-bond donors (Lipinski definition) is 2. The van der Waals surface area contributed by atoms with Gasteiger partial charge in [0.2, 0.25) is 5.95 Å². The predicted octanol–water partition coefficient (Wildman–Crippen LogP) is 3.95. The topological polar surface area (TPSA) is 63.8 Å². The van der Waals surface area contributed by atoms with Gasteiger partial charge in [0, 0.05) is 16.3 Å². The van der Waals surface area contributed by atoms with Crippen molar-refractivity contribution >= 4 is 56.3 Å². The molecule has 3 rings (SSSR count). The lowest BCUT2D eigenvalue weighted by Gasteiger charge is -2.06. The van der Waals surface area contributed by atoms with E-state index in [0.29, 0.717) is 5.95 Å².